The Morgan fingerprint density at radius 1 is 0.944 bits per heavy atom. The van der Waals surface area contributed by atoms with Crippen LogP contribution in [0.3, 0.4) is 0 Å². The van der Waals surface area contributed by atoms with Gasteiger partial charge in [0.05, 0.1) is 5.97 Å². The van der Waals surface area contributed by atoms with Crippen LogP contribution in [-0.2, 0) is 12.8 Å². The fourth-order valence-corrected chi connectivity index (χ4v) is 1.97. The van der Waals surface area contributed by atoms with E-state index in [0.29, 0.717) is 6.42 Å². The third kappa shape index (κ3) is 2.69. The summed E-state index contributed by atoms with van der Waals surface area (Å²) in [5.41, 5.74) is 8.66. The first-order valence-corrected chi connectivity index (χ1v) is 5.81. The predicted octanol–water partition coefficient (Wildman–Crippen LogP) is 1.42. The molecule has 0 aromatic heterocycles. The Hall–Kier alpha value is -2.29. The number of hydrogen-bond acceptors (Lipinski definition) is 3. The van der Waals surface area contributed by atoms with Gasteiger partial charge in [-0.05, 0) is 30.0 Å². The van der Waals surface area contributed by atoms with Gasteiger partial charge in [-0.2, -0.15) is 0 Å². The van der Waals surface area contributed by atoms with Crippen LogP contribution in [0.15, 0.2) is 48.5 Å². The van der Waals surface area contributed by atoms with Crippen molar-refractivity contribution in [1.29, 1.82) is 0 Å². The van der Waals surface area contributed by atoms with Crippen molar-refractivity contribution in [3.8, 4) is 0 Å². The molecule has 3 nitrogen and oxygen atoms in total. The maximum Gasteiger partial charge on any atom is 0.0718 e. The topological polar surface area (TPSA) is 66.2 Å². The minimum Gasteiger partial charge on any atom is -0.545 e. The molecule has 0 saturated heterocycles. The molecule has 0 spiro atoms. The molecule has 2 N–H and O–H groups in total. The van der Waals surface area contributed by atoms with E-state index in [1.807, 2.05) is 36.4 Å². The molecular weight excluding hydrogens is 226 g/mol. The maximum atomic E-state index is 11.0. The second-order valence-corrected chi connectivity index (χ2v) is 4.14. The van der Waals surface area contributed by atoms with Gasteiger partial charge in [-0.15, -0.1) is 0 Å². The number of carboxylic acid groups (broad SMARTS) is 1. The fourth-order valence-electron chi connectivity index (χ4n) is 1.97. The first-order valence-electron chi connectivity index (χ1n) is 5.81. The van der Waals surface area contributed by atoms with Crippen LogP contribution in [-0.4, -0.2) is 5.97 Å². The highest BCUT2D eigenvalue weighted by atomic mass is 16.4. The summed E-state index contributed by atoms with van der Waals surface area (Å²) in [4.78, 5) is 11.0. The smallest absolute Gasteiger partial charge is 0.0718 e. The molecule has 0 saturated carbocycles. The van der Waals surface area contributed by atoms with E-state index >= 15 is 0 Å². The van der Waals surface area contributed by atoms with Crippen molar-refractivity contribution in [2.75, 3.05) is 5.73 Å². The van der Waals surface area contributed by atoms with Crippen molar-refractivity contribution in [3.63, 3.8) is 0 Å². The Kier molecular flexibility index (Phi) is 3.63. The molecule has 3 heteroatoms. The monoisotopic (exact) mass is 240 g/mol. The first-order chi connectivity index (χ1) is 8.68. The molecule has 2 aromatic carbocycles. The van der Waals surface area contributed by atoms with E-state index in [4.69, 9.17) is 5.73 Å². The lowest BCUT2D eigenvalue weighted by molar-refractivity contribution is -0.255. The molecule has 2 rings (SSSR count). The first kappa shape index (κ1) is 12.2. The summed E-state index contributed by atoms with van der Waals surface area (Å²) >= 11 is 0. The molecule has 0 unspecified atom stereocenters. The van der Waals surface area contributed by atoms with E-state index in [1.165, 1.54) is 0 Å². The highest BCUT2D eigenvalue weighted by Gasteiger charge is 2.04. The quantitative estimate of drug-likeness (QED) is 0.822. The average Bonchev–Trinajstić information content (AvgIpc) is 2.38. The lowest BCUT2D eigenvalue weighted by Crippen LogP contribution is -2.23. The second kappa shape index (κ2) is 5.36. The zero-order valence-corrected chi connectivity index (χ0v) is 9.93. The zero-order chi connectivity index (χ0) is 13.0. The van der Waals surface area contributed by atoms with Gasteiger partial charge in [0, 0.05) is 11.3 Å². The Balaban J connectivity index is 2.16. The lowest BCUT2D eigenvalue weighted by atomic mass is 9.99. The summed E-state index contributed by atoms with van der Waals surface area (Å²) in [6, 6.07) is 14.5. The predicted molar refractivity (Wildman–Crippen MR) is 69.0 cm³/mol. The van der Waals surface area contributed by atoms with E-state index in [1.54, 1.807) is 12.1 Å². The minimum atomic E-state index is -1.13. The molecule has 0 atom stereocenters. The van der Waals surface area contributed by atoms with Crippen LogP contribution in [0.4, 0.5) is 5.69 Å². The molecule has 0 aliphatic rings. The number of rotatable bonds is 4. The molecule has 0 aliphatic heterocycles. The van der Waals surface area contributed by atoms with Crippen molar-refractivity contribution < 1.29 is 9.90 Å². The number of para-hydroxylation sites is 1. The average molecular weight is 240 g/mol. The van der Waals surface area contributed by atoms with Crippen LogP contribution in [0.2, 0.25) is 0 Å². The van der Waals surface area contributed by atoms with Gasteiger partial charge >= 0.3 is 0 Å². The van der Waals surface area contributed by atoms with Gasteiger partial charge < -0.3 is 15.6 Å². The molecule has 0 aliphatic carbocycles. The van der Waals surface area contributed by atoms with E-state index in [2.05, 4.69) is 0 Å². The Labute approximate surface area is 106 Å². The molecule has 0 radical (unpaired) electrons. The fraction of sp³-hybridized carbons (Fsp3) is 0.133. The number of carboxylic acids is 1. The minimum absolute atomic E-state index is 0.256. The van der Waals surface area contributed by atoms with Gasteiger partial charge in [0.15, 0.2) is 0 Å². The lowest BCUT2D eigenvalue weighted by Gasteiger charge is -2.11. The van der Waals surface area contributed by atoms with Crippen LogP contribution in [0.5, 0.6) is 0 Å². The molecular formula is C15H14NO2-. The highest BCUT2D eigenvalue weighted by Crippen LogP contribution is 2.16. The van der Waals surface area contributed by atoms with Crippen molar-refractivity contribution in [2.45, 2.75) is 12.8 Å². The Morgan fingerprint density at radius 2 is 1.50 bits per heavy atom. The number of benzene rings is 2. The highest BCUT2D eigenvalue weighted by molar-refractivity contribution is 5.87. The van der Waals surface area contributed by atoms with Crippen LogP contribution >= 0.6 is 0 Å². The van der Waals surface area contributed by atoms with Crippen molar-refractivity contribution in [2.24, 2.45) is 0 Å². The second-order valence-electron chi connectivity index (χ2n) is 4.14. The number of aryl methyl sites for hydroxylation is 2. The maximum absolute atomic E-state index is 11.0. The summed E-state index contributed by atoms with van der Waals surface area (Å²) in [5, 5.41) is 11.0. The summed E-state index contributed by atoms with van der Waals surface area (Å²) in [7, 11) is 0. The van der Waals surface area contributed by atoms with Gasteiger partial charge in [0.2, 0.25) is 0 Å². The number of carbonyl (C=O) groups excluding carboxylic acids is 1. The zero-order valence-electron chi connectivity index (χ0n) is 9.93. The van der Waals surface area contributed by atoms with E-state index < -0.39 is 5.97 Å². The van der Waals surface area contributed by atoms with Crippen LogP contribution in [0.1, 0.15) is 21.5 Å². The molecule has 2 aromatic rings. The SMILES string of the molecule is Nc1ccccc1CCc1ccccc1C(=O)[O-]. The molecule has 0 amide bonds. The molecule has 18 heavy (non-hydrogen) atoms. The standard InChI is InChI=1S/C15H15NO2/c16-14-8-4-2-6-12(14)10-9-11-5-1-3-7-13(11)15(17)18/h1-8H,9-10,16H2,(H,17,18)/p-1. The van der Waals surface area contributed by atoms with Gasteiger partial charge in [-0.3, -0.25) is 0 Å². The summed E-state index contributed by atoms with van der Waals surface area (Å²) < 4.78 is 0. The van der Waals surface area contributed by atoms with Gasteiger partial charge in [-0.1, -0.05) is 42.5 Å². The largest absolute Gasteiger partial charge is 0.545 e. The van der Waals surface area contributed by atoms with E-state index in [9.17, 15) is 9.90 Å². The Morgan fingerprint density at radius 3 is 2.17 bits per heavy atom. The summed E-state index contributed by atoms with van der Waals surface area (Å²) in [6.07, 6.45) is 1.36. The molecule has 92 valence electrons. The number of anilines is 1. The van der Waals surface area contributed by atoms with Gasteiger partial charge in [0.25, 0.3) is 0 Å². The van der Waals surface area contributed by atoms with Crippen molar-refractivity contribution in [3.05, 3.63) is 65.2 Å². The third-order valence-corrected chi connectivity index (χ3v) is 2.96. The summed E-state index contributed by atoms with van der Waals surface area (Å²) in [6.45, 7) is 0. The number of hydrogen-bond donors (Lipinski definition) is 1. The number of nitrogens with two attached hydrogens (primary N) is 1. The van der Waals surface area contributed by atoms with E-state index in [0.717, 1.165) is 23.2 Å². The number of carbonyl (C=O) groups is 1. The van der Waals surface area contributed by atoms with Crippen molar-refractivity contribution in [1.82, 2.24) is 0 Å². The molecule has 0 fully saturated rings. The van der Waals surface area contributed by atoms with Crippen LogP contribution in [0, 0.1) is 0 Å². The normalized spacial score (nSPS) is 10.2. The van der Waals surface area contributed by atoms with Gasteiger partial charge in [-0.25, -0.2) is 0 Å². The summed E-state index contributed by atoms with van der Waals surface area (Å²) in [5.74, 6) is -1.13. The molecule has 0 bridgehead atoms. The third-order valence-electron chi connectivity index (χ3n) is 2.96. The van der Waals surface area contributed by atoms with Crippen molar-refractivity contribution >= 4 is 11.7 Å². The van der Waals surface area contributed by atoms with Gasteiger partial charge in [0.1, 0.15) is 0 Å². The van der Waals surface area contributed by atoms with Crippen LogP contribution in [0.25, 0.3) is 0 Å². The number of aromatic carboxylic acids is 1. The number of nitrogen functional groups attached to an aromatic ring is 1. The Bertz CT molecular complexity index is 564. The van der Waals surface area contributed by atoms with Crippen LogP contribution < -0.4 is 10.8 Å². The molecule has 0 heterocycles. The van der Waals surface area contributed by atoms with E-state index in [-0.39, 0.29) is 5.56 Å².